The molecular formula is C30H42N4O5. The predicted molar refractivity (Wildman–Crippen MR) is 152 cm³/mol. The van der Waals surface area contributed by atoms with E-state index < -0.39 is 5.60 Å². The van der Waals surface area contributed by atoms with Gasteiger partial charge in [0.1, 0.15) is 29.8 Å². The molecule has 1 aliphatic rings. The number of hydrogen-bond donors (Lipinski definition) is 1. The van der Waals surface area contributed by atoms with Gasteiger partial charge in [0.25, 0.3) is 5.56 Å². The number of esters is 1. The third-order valence-corrected chi connectivity index (χ3v) is 6.98. The molecule has 3 aromatic rings. The van der Waals surface area contributed by atoms with Gasteiger partial charge >= 0.3 is 5.97 Å². The number of pyridine rings is 1. The summed E-state index contributed by atoms with van der Waals surface area (Å²) in [5.41, 5.74) is 2.95. The molecule has 0 saturated carbocycles. The SMILES string of the molecule is CC[C@H](NCCOc1ccc2c(c1)nc(-c1cc(C)c(=O)n(C)c1)n2CC1CCOCC1)C(=O)OC(C)(C)C. The van der Waals surface area contributed by atoms with Crippen LogP contribution in [0, 0.1) is 12.8 Å². The molecular weight excluding hydrogens is 496 g/mol. The van der Waals surface area contributed by atoms with E-state index in [0.717, 1.165) is 55.0 Å². The molecule has 9 heteroatoms. The number of aryl methyl sites for hydroxylation is 2. The summed E-state index contributed by atoms with van der Waals surface area (Å²) >= 11 is 0. The Morgan fingerprint density at radius 1 is 1.23 bits per heavy atom. The summed E-state index contributed by atoms with van der Waals surface area (Å²) in [6.07, 6.45) is 4.52. The number of carbonyl (C=O) groups excluding carboxylic acids is 1. The zero-order valence-electron chi connectivity index (χ0n) is 24.1. The van der Waals surface area contributed by atoms with Crippen LogP contribution in [0.3, 0.4) is 0 Å². The fourth-order valence-corrected chi connectivity index (χ4v) is 4.96. The van der Waals surface area contributed by atoms with Crippen molar-refractivity contribution in [3.05, 3.63) is 46.4 Å². The summed E-state index contributed by atoms with van der Waals surface area (Å²) in [6, 6.07) is 7.52. The molecule has 9 nitrogen and oxygen atoms in total. The fourth-order valence-electron chi connectivity index (χ4n) is 4.96. The normalized spacial score (nSPS) is 15.4. The van der Waals surface area contributed by atoms with E-state index in [1.807, 2.05) is 59.0 Å². The second kappa shape index (κ2) is 12.3. The van der Waals surface area contributed by atoms with Crippen LogP contribution in [-0.4, -0.2) is 58.1 Å². The van der Waals surface area contributed by atoms with Gasteiger partial charge < -0.3 is 28.7 Å². The molecule has 1 saturated heterocycles. The Hall–Kier alpha value is -3.17. The Balaban J connectivity index is 1.52. The van der Waals surface area contributed by atoms with E-state index in [1.165, 1.54) is 0 Å². The van der Waals surface area contributed by atoms with Gasteiger partial charge in [-0.15, -0.1) is 0 Å². The Labute approximate surface area is 230 Å². The first-order valence-electron chi connectivity index (χ1n) is 13.9. The highest BCUT2D eigenvalue weighted by atomic mass is 16.6. The van der Waals surface area contributed by atoms with Crippen LogP contribution in [0.25, 0.3) is 22.4 Å². The third-order valence-electron chi connectivity index (χ3n) is 6.98. The van der Waals surface area contributed by atoms with E-state index >= 15 is 0 Å². The Kier molecular flexibility index (Phi) is 9.12. The zero-order valence-corrected chi connectivity index (χ0v) is 24.1. The van der Waals surface area contributed by atoms with Gasteiger partial charge in [-0.05, 0) is 71.1 Å². The van der Waals surface area contributed by atoms with Gasteiger partial charge in [0.2, 0.25) is 0 Å². The van der Waals surface area contributed by atoms with Crippen molar-refractivity contribution in [3.63, 3.8) is 0 Å². The minimum atomic E-state index is -0.516. The molecule has 0 unspecified atom stereocenters. The molecule has 0 bridgehead atoms. The number of rotatable bonds is 10. The molecule has 0 amide bonds. The maximum absolute atomic E-state index is 12.4. The molecule has 1 aromatic carbocycles. The molecule has 0 radical (unpaired) electrons. The highest BCUT2D eigenvalue weighted by Crippen LogP contribution is 2.30. The summed E-state index contributed by atoms with van der Waals surface area (Å²) in [7, 11) is 1.77. The van der Waals surface area contributed by atoms with E-state index in [0.29, 0.717) is 36.8 Å². The minimum Gasteiger partial charge on any atom is -0.492 e. The summed E-state index contributed by atoms with van der Waals surface area (Å²) in [6.45, 7) is 12.7. The maximum atomic E-state index is 12.4. The van der Waals surface area contributed by atoms with Crippen molar-refractivity contribution >= 4 is 17.0 Å². The molecule has 212 valence electrons. The van der Waals surface area contributed by atoms with Crippen LogP contribution in [0.2, 0.25) is 0 Å². The summed E-state index contributed by atoms with van der Waals surface area (Å²) < 4.78 is 21.0. The van der Waals surface area contributed by atoms with E-state index in [1.54, 1.807) is 11.6 Å². The van der Waals surface area contributed by atoms with E-state index in [4.69, 9.17) is 19.2 Å². The number of nitrogens with zero attached hydrogens (tertiary/aromatic N) is 3. The second-order valence-electron chi connectivity index (χ2n) is 11.4. The smallest absolute Gasteiger partial charge is 0.323 e. The average Bonchev–Trinajstić information content (AvgIpc) is 3.24. The first-order chi connectivity index (χ1) is 18.6. The van der Waals surface area contributed by atoms with Crippen LogP contribution >= 0.6 is 0 Å². The number of aromatic nitrogens is 3. The highest BCUT2D eigenvalue weighted by Gasteiger charge is 2.24. The minimum absolute atomic E-state index is 0.00730. The van der Waals surface area contributed by atoms with Crippen LogP contribution in [0.15, 0.2) is 35.3 Å². The van der Waals surface area contributed by atoms with Gasteiger partial charge in [0.05, 0.1) is 11.0 Å². The molecule has 3 heterocycles. The predicted octanol–water partition coefficient (Wildman–Crippen LogP) is 4.23. The highest BCUT2D eigenvalue weighted by molar-refractivity contribution is 5.82. The van der Waals surface area contributed by atoms with Crippen LogP contribution < -0.4 is 15.6 Å². The number of ether oxygens (including phenoxy) is 3. The fraction of sp³-hybridized carbons (Fsp3) is 0.567. The standard InChI is InChI=1S/C30H42N4O5/c1-7-24(29(36)39-30(3,4)5)31-12-15-38-23-8-9-26-25(17-23)32-27(22-16-20(2)28(35)33(6)19-22)34(26)18-21-10-13-37-14-11-21/h8-9,16-17,19,21,24,31H,7,10-15,18H2,1-6H3/t24-/m0/s1. The molecule has 39 heavy (non-hydrogen) atoms. The lowest BCUT2D eigenvalue weighted by molar-refractivity contribution is -0.157. The lowest BCUT2D eigenvalue weighted by atomic mass is 10.00. The molecule has 1 fully saturated rings. The molecule has 2 aromatic heterocycles. The Bertz CT molecular complexity index is 1320. The Morgan fingerprint density at radius 2 is 1.97 bits per heavy atom. The molecule has 0 spiro atoms. The Morgan fingerprint density at radius 3 is 2.64 bits per heavy atom. The largest absolute Gasteiger partial charge is 0.492 e. The van der Waals surface area contributed by atoms with E-state index in [2.05, 4.69) is 16.0 Å². The van der Waals surface area contributed by atoms with E-state index in [9.17, 15) is 9.59 Å². The molecule has 1 atom stereocenters. The van der Waals surface area contributed by atoms with Crippen molar-refractivity contribution in [1.82, 2.24) is 19.4 Å². The zero-order chi connectivity index (χ0) is 28.2. The van der Waals surface area contributed by atoms with Gasteiger partial charge in [0.15, 0.2) is 0 Å². The molecule has 1 aliphatic heterocycles. The van der Waals surface area contributed by atoms with Crippen molar-refractivity contribution < 1.29 is 19.0 Å². The van der Waals surface area contributed by atoms with Crippen molar-refractivity contribution in [2.75, 3.05) is 26.4 Å². The number of carbonyl (C=O) groups is 1. The van der Waals surface area contributed by atoms with Crippen LogP contribution in [0.4, 0.5) is 0 Å². The van der Waals surface area contributed by atoms with Crippen LogP contribution in [-0.2, 0) is 27.9 Å². The number of imidazole rings is 1. The van der Waals surface area contributed by atoms with E-state index in [-0.39, 0.29) is 17.6 Å². The lowest BCUT2D eigenvalue weighted by Crippen LogP contribution is -2.42. The van der Waals surface area contributed by atoms with Crippen molar-refractivity contribution in [2.45, 2.75) is 72.1 Å². The number of benzene rings is 1. The molecule has 1 N–H and O–H groups in total. The van der Waals surface area contributed by atoms with Gasteiger partial charge in [0, 0.05) is 56.7 Å². The topological polar surface area (TPSA) is 96.6 Å². The summed E-state index contributed by atoms with van der Waals surface area (Å²) in [5.74, 6) is 1.82. The van der Waals surface area contributed by atoms with Crippen molar-refractivity contribution in [1.29, 1.82) is 0 Å². The first-order valence-corrected chi connectivity index (χ1v) is 13.9. The lowest BCUT2D eigenvalue weighted by Gasteiger charge is -2.24. The number of nitrogens with one attached hydrogen (secondary N) is 1. The van der Waals surface area contributed by atoms with Gasteiger partial charge in [-0.3, -0.25) is 9.59 Å². The van der Waals surface area contributed by atoms with Gasteiger partial charge in [-0.25, -0.2) is 4.98 Å². The summed E-state index contributed by atoms with van der Waals surface area (Å²) in [4.78, 5) is 29.7. The van der Waals surface area contributed by atoms with Gasteiger partial charge in [-0.2, -0.15) is 0 Å². The van der Waals surface area contributed by atoms with Crippen molar-refractivity contribution in [2.24, 2.45) is 13.0 Å². The molecule has 0 aliphatic carbocycles. The quantitative estimate of drug-likeness (QED) is 0.305. The van der Waals surface area contributed by atoms with Gasteiger partial charge in [-0.1, -0.05) is 6.92 Å². The number of fused-ring (bicyclic) bond motifs is 1. The second-order valence-corrected chi connectivity index (χ2v) is 11.4. The van der Waals surface area contributed by atoms with Crippen LogP contribution in [0.5, 0.6) is 5.75 Å². The number of hydrogen-bond acceptors (Lipinski definition) is 7. The third kappa shape index (κ3) is 7.28. The monoisotopic (exact) mass is 538 g/mol. The molecule has 4 rings (SSSR count). The van der Waals surface area contributed by atoms with Crippen molar-refractivity contribution in [3.8, 4) is 17.1 Å². The first kappa shape index (κ1) is 28.8. The maximum Gasteiger partial charge on any atom is 0.323 e. The summed E-state index contributed by atoms with van der Waals surface area (Å²) in [5, 5.41) is 3.24. The van der Waals surface area contributed by atoms with Crippen LogP contribution in [0.1, 0.15) is 52.5 Å². The average molecular weight is 539 g/mol.